The lowest BCUT2D eigenvalue weighted by molar-refractivity contribution is 0.180. The quantitative estimate of drug-likeness (QED) is 0.910. The number of fused-ring (bicyclic) bond motifs is 1. The van der Waals surface area contributed by atoms with Crippen LogP contribution in [0.1, 0.15) is 25.6 Å². The predicted octanol–water partition coefficient (Wildman–Crippen LogP) is 1.70. The van der Waals surface area contributed by atoms with Gasteiger partial charge in [-0.3, -0.25) is 0 Å². The van der Waals surface area contributed by atoms with E-state index in [1.54, 1.807) is 0 Å². The molecule has 0 unspecified atom stereocenters. The molecule has 3 heterocycles. The summed E-state index contributed by atoms with van der Waals surface area (Å²) in [6.45, 7) is 6.87. The van der Waals surface area contributed by atoms with Crippen LogP contribution in [0.15, 0.2) is 18.3 Å². The molecule has 114 valence electrons. The standard InChI is InChI=1S/C16H24N4O/c1-2-19-9-5-13(6-10-19)12-20-15(7-11-21)18-14-4-3-8-17-16(14)20/h3-4,8,13,21H,2,5-7,9-12H2,1H3. The minimum Gasteiger partial charge on any atom is -0.396 e. The van der Waals surface area contributed by atoms with E-state index in [1.165, 1.54) is 25.9 Å². The monoisotopic (exact) mass is 288 g/mol. The number of aliphatic hydroxyl groups excluding tert-OH is 1. The summed E-state index contributed by atoms with van der Waals surface area (Å²) < 4.78 is 2.22. The lowest BCUT2D eigenvalue weighted by Crippen LogP contribution is -2.34. The Labute approximate surface area is 125 Å². The summed E-state index contributed by atoms with van der Waals surface area (Å²) >= 11 is 0. The summed E-state index contributed by atoms with van der Waals surface area (Å²) in [4.78, 5) is 11.6. The van der Waals surface area contributed by atoms with Crippen LogP contribution in [0.3, 0.4) is 0 Å². The lowest BCUT2D eigenvalue weighted by atomic mass is 9.96. The summed E-state index contributed by atoms with van der Waals surface area (Å²) in [5.41, 5.74) is 1.89. The molecule has 1 saturated heterocycles. The molecule has 3 rings (SSSR count). The van der Waals surface area contributed by atoms with Crippen LogP contribution in [0.4, 0.5) is 0 Å². The van der Waals surface area contributed by atoms with Gasteiger partial charge in [0.15, 0.2) is 5.65 Å². The Morgan fingerprint density at radius 3 is 2.86 bits per heavy atom. The topological polar surface area (TPSA) is 54.2 Å². The molecule has 0 amide bonds. The van der Waals surface area contributed by atoms with E-state index in [-0.39, 0.29) is 6.61 Å². The molecule has 0 saturated carbocycles. The van der Waals surface area contributed by atoms with E-state index in [9.17, 15) is 5.11 Å². The Morgan fingerprint density at radius 1 is 1.33 bits per heavy atom. The van der Waals surface area contributed by atoms with Gasteiger partial charge in [0, 0.05) is 19.2 Å². The van der Waals surface area contributed by atoms with Gasteiger partial charge in [-0.15, -0.1) is 0 Å². The third kappa shape index (κ3) is 3.09. The van der Waals surface area contributed by atoms with Gasteiger partial charge in [-0.1, -0.05) is 6.92 Å². The van der Waals surface area contributed by atoms with Crippen LogP contribution < -0.4 is 0 Å². The fraction of sp³-hybridized carbons (Fsp3) is 0.625. The van der Waals surface area contributed by atoms with Crippen molar-refractivity contribution >= 4 is 11.2 Å². The minimum atomic E-state index is 0.137. The highest BCUT2D eigenvalue weighted by molar-refractivity contribution is 5.71. The lowest BCUT2D eigenvalue weighted by Gasteiger charge is -2.31. The second-order valence-electron chi connectivity index (χ2n) is 5.84. The van der Waals surface area contributed by atoms with Crippen LogP contribution in [0.5, 0.6) is 0 Å². The normalized spacial score (nSPS) is 17.6. The average Bonchev–Trinajstić information content (AvgIpc) is 2.86. The van der Waals surface area contributed by atoms with Crippen molar-refractivity contribution < 1.29 is 5.11 Å². The van der Waals surface area contributed by atoms with Crippen molar-refractivity contribution in [2.24, 2.45) is 5.92 Å². The Morgan fingerprint density at radius 2 is 2.14 bits per heavy atom. The number of piperidine rings is 1. The first-order valence-corrected chi connectivity index (χ1v) is 7.95. The Hall–Kier alpha value is -1.46. The molecule has 0 bridgehead atoms. The maximum Gasteiger partial charge on any atom is 0.159 e. The van der Waals surface area contributed by atoms with E-state index < -0.39 is 0 Å². The molecule has 0 aromatic carbocycles. The predicted molar refractivity (Wildman–Crippen MR) is 83.2 cm³/mol. The number of nitrogens with zero attached hydrogens (tertiary/aromatic N) is 4. The van der Waals surface area contributed by atoms with Crippen molar-refractivity contribution in [3.63, 3.8) is 0 Å². The maximum absolute atomic E-state index is 9.26. The molecule has 1 aliphatic rings. The molecule has 0 aliphatic carbocycles. The molecule has 1 N–H and O–H groups in total. The zero-order valence-electron chi connectivity index (χ0n) is 12.7. The first-order chi connectivity index (χ1) is 10.3. The van der Waals surface area contributed by atoms with Crippen LogP contribution in [-0.4, -0.2) is 50.8 Å². The van der Waals surface area contributed by atoms with Gasteiger partial charge >= 0.3 is 0 Å². The SMILES string of the molecule is CCN1CCC(Cn2c(CCO)nc3cccnc32)CC1. The summed E-state index contributed by atoms with van der Waals surface area (Å²) in [7, 11) is 0. The number of hydrogen-bond donors (Lipinski definition) is 1. The molecular formula is C16H24N4O. The molecule has 0 atom stereocenters. The van der Waals surface area contributed by atoms with Crippen LogP contribution in [-0.2, 0) is 13.0 Å². The van der Waals surface area contributed by atoms with Gasteiger partial charge in [-0.2, -0.15) is 0 Å². The minimum absolute atomic E-state index is 0.137. The zero-order chi connectivity index (χ0) is 14.7. The largest absolute Gasteiger partial charge is 0.396 e. The van der Waals surface area contributed by atoms with Gasteiger partial charge in [-0.05, 0) is 50.5 Å². The summed E-state index contributed by atoms with van der Waals surface area (Å²) in [5.74, 6) is 1.65. The molecule has 0 spiro atoms. The fourth-order valence-electron chi connectivity index (χ4n) is 3.23. The van der Waals surface area contributed by atoms with Gasteiger partial charge in [0.25, 0.3) is 0 Å². The van der Waals surface area contributed by atoms with Crippen molar-refractivity contribution in [1.29, 1.82) is 0 Å². The Kier molecular flexibility index (Phi) is 4.51. The first-order valence-electron chi connectivity index (χ1n) is 7.95. The highest BCUT2D eigenvalue weighted by Gasteiger charge is 2.21. The van der Waals surface area contributed by atoms with Crippen molar-refractivity contribution in [2.75, 3.05) is 26.2 Å². The van der Waals surface area contributed by atoms with Gasteiger partial charge < -0.3 is 14.6 Å². The highest BCUT2D eigenvalue weighted by atomic mass is 16.3. The second kappa shape index (κ2) is 6.54. The number of aliphatic hydroxyl groups is 1. The van der Waals surface area contributed by atoms with Gasteiger partial charge in [0.2, 0.25) is 0 Å². The van der Waals surface area contributed by atoms with Crippen LogP contribution in [0.25, 0.3) is 11.2 Å². The van der Waals surface area contributed by atoms with Gasteiger partial charge in [0.1, 0.15) is 11.3 Å². The molecule has 2 aromatic rings. The van der Waals surface area contributed by atoms with E-state index in [2.05, 4.69) is 26.4 Å². The van der Waals surface area contributed by atoms with E-state index in [0.717, 1.165) is 30.1 Å². The van der Waals surface area contributed by atoms with E-state index in [4.69, 9.17) is 0 Å². The molecule has 0 radical (unpaired) electrons. The van der Waals surface area contributed by atoms with Crippen LogP contribution in [0.2, 0.25) is 0 Å². The Bertz CT molecular complexity index is 587. The Balaban J connectivity index is 1.80. The summed E-state index contributed by atoms with van der Waals surface area (Å²) in [6.07, 6.45) is 4.89. The number of imidazole rings is 1. The van der Waals surface area contributed by atoms with Gasteiger partial charge in [0.05, 0.1) is 6.61 Å². The zero-order valence-corrected chi connectivity index (χ0v) is 12.7. The van der Waals surface area contributed by atoms with Crippen molar-refractivity contribution in [1.82, 2.24) is 19.4 Å². The van der Waals surface area contributed by atoms with Gasteiger partial charge in [-0.25, -0.2) is 9.97 Å². The number of aromatic nitrogens is 3. The van der Waals surface area contributed by atoms with E-state index >= 15 is 0 Å². The molecular weight excluding hydrogens is 264 g/mol. The van der Waals surface area contributed by atoms with E-state index in [0.29, 0.717) is 12.3 Å². The average molecular weight is 288 g/mol. The molecule has 5 heteroatoms. The maximum atomic E-state index is 9.26. The fourth-order valence-corrected chi connectivity index (χ4v) is 3.23. The molecule has 1 fully saturated rings. The third-order valence-electron chi connectivity index (χ3n) is 4.51. The number of pyridine rings is 1. The number of hydrogen-bond acceptors (Lipinski definition) is 4. The van der Waals surface area contributed by atoms with Crippen LogP contribution >= 0.6 is 0 Å². The smallest absolute Gasteiger partial charge is 0.159 e. The van der Waals surface area contributed by atoms with Crippen molar-refractivity contribution in [2.45, 2.75) is 32.7 Å². The second-order valence-corrected chi connectivity index (χ2v) is 5.84. The highest BCUT2D eigenvalue weighted by Crippen LogP contribution is 2.22. The number of rotatable bonds is 5. The van der Waals surface area contributed by atoms with Crippen molar-refractivity contribution in [3.8, 4) is 0 Å². The van der Waals surface area contributed by atoms with Crippen LogP contribution in [0, 0.1) is 5.92 Å². The molecule has 21 heavy (non-hydrogen) atoms. The third-order valence-corrected chi connectivity index (χ3v) is 4.51. The summed E-state index contributed by atoms with van der Waals surface area (Å²) in [5, 5.41) is 9.26. The van der Waals surface area contributed by atoms with E-state index in [1.807, 2.05) is 18.3 Å². The van der Waals surface area contributed by atoms with Crippen molar-refractivity contribution in [3.05, 3.63) is 24.2 Å². The number of likely N-dealkylation sites (tertiary alicyclic amines) is 1. The summed E-state index contributed by atoms with van der Waals surface area (Å²) in [6, 6.07) is 3.92. The molecule has 5 nitrogen and oxygen atoms in total. The molecule has 2 aromatic heterocycles. The molecule has 1 aliphatic heterocycles. The first kappa shape index (κ1) is 14.5.